The van der Waals surface area contributed by atoms with Gasteiger partial charge in [-0.3, -0.25) is 0 Å². The van der Waals surface area contributed by atoms with Crippen LogP contribution in [0, 0.1) is 13.8 Å². The molecule has 2 heteroatoms. The Kier molecular flexibility index (Phi) is 2.56. The van der Waals surface area contributed by atoms with Crippen LogP contribution in [0.2, 0.25) is 5.02 Å². The molecule has 1 fully saturated rings. The molecule has 0 aromatic heterocycles. The lowest BCUT2D eigenvalue weighted by Gasteiger charge is -2.23. The van der Waals surface area contributed by atoms with Gasteiger partial charge in [0.2, 0.25) is 0 Å². The van der Waals surface area contributed by atoms with Crippen molar-refractivity contribution in [3.05, 3.63) is 33.8 Å². The van der Waals surface area contributed by atoms with Gasteiger partial charge in [-0.05, 0) is 62.4 Å². The highest BCUT2D eigenvalue weighted by atomic mass is 35.5. The minimum Gasteiger partial charge on any atom is -0.327 e. The number of rotatable bonds is 2. The molecule has 2 N–H and O–H groups in total. The van der Waals surface area contributed by atoms with Crippen molar-refractivity contribution in [1.82, 2.24) is 0 Å². The molecule has 82 valence electrons. The SMILES string of the molecule is Cc1cc(Cl)cc(C2(C(C)N)CC2)c1C. The first-order valence-corrected chi connectivity index (χ1v) is 5.88. The average molecular weight is 224 g/mol. The summed E-state index contributed by atoms with van der Waals surface area (Å²) in [6.07, 6.45) is 2.40. The molecule has 1 atom stereocenters. The molecule has 0 amide bonds. The highest BCUT2D eigenvalue weighted by Gasteiger charge is 2.48. The zero-order chi connectivity index (χ0) is 11.2. The van der Waals surface area contributed by atoms with Gasteiger partial charge in [-0.1, -0.05) is 11.6 Å². The van der Waals surface area contributed by atoms with Crippen molar-refractivity contribution >= 4 is 11.6 Å². The van der Waals surface area contributed by atoms with Crippen LogP contribution >= 0.6 is 11.6 Å². The highest BCUT2D eigenvalue weighted by molar-refractivity contribution is 6.30. The normalized spacial score (nSPS) is 20.1. The standard InChI is InChI=1S/C13H18ClN/c1-8-6-11(14)7-12(9(8)2)13(4-5-13)10(3)15/h6-7,10H,4-5,15H2,1-3H3. The van der Waals surface area contributed by atoms with Gasteiger partial charge in [0.1, 0.15) is 0 Å². The van der Waals surface area contributed by atoms with E-state index in [4.69, 9.17) is 17.3 Å². The third-order valence-electron chi connectivity index (χ3n) is 3.83. The van der Waals surface area contributed by atoms with Crippen LogP contribution in [0.25, 0.3) is 0 Å². The molecule has 1 aromatic rings. The topological polar surface area (TPSA) is 26.0 Å². The Morgan fingerprint density at radius 2 is 1.93 bits per heavy atom. The molecule has 1 nitrogen and oxygen atoms in total. The maximum absolute atomic E-state index is 6.12. The summed E-state index contributed by atoms with van der Waals surface area (Å²) in [5.74, 6) is 0. The van der Waals surface area contributed by atoms with E-state index >= 15 is 0 Å². The lowest BCUT2D eigenvalue weighted by molar-refractivity contribution is 0.553. The third kappa shape index (κ3) is 1.68. The van der Waals surface area contributed by atoms with Crippen molar-refractivity contribution < 1.29 is 0 Å². The fraction of sp³-hybridized carbons (Fsp3) is 0.538. The monoisotopic (exact) mass is 223 g/mol. The van der Waals surface area contributed by atoms with E-state index in [1.54, 1.807) is 0 Å². The second-order valence-electron chi connectivity index (χ2n) is 4.84. The zero-order valence-corrected chi connectivity index (χ0v) is 10.4. The minimum absolute atomic E-state index is 0.208. The molecular weight excluding hydrogens is 206 g/mol. The summed E-state index contributed by atoms with van der Waals surface area (Å²) in [7, 11) is 0. The van der Waals surface area contributed by atoms with Crippen LogP contribution in [0.5, 0.6) is 0 Å². The van der Waals surface area contributed by atoms with E-state index in [0.717, 1.165) is 5.02 Å². The molecule has 1 aliphatic rings. The summed E-state index contributed by atoms with van der Waals surface area (Å²) in [6.45, 7) is 6.38. The molecule has 1 unspecified atom stereocenters. The predicted octanol–water partition coefficient (Wildman–Crippen LogP) is 3.34. The highest BCUT2D eigenvalue weighted by Crippen LogP contribution is 2.52. The van der Waals surface area contributed by atoms with Gasteiger partial charge in [-0.15, -0.1) is 0 Å². The maximum Gasteiger partial charge on any atom is 0.0411 e. The molecule has 0 spiro atoms. The summed E-state index contributed by atoms with van der Waals surface area (Å²) in [4.78, 5) is 0. The number of aryl methyl sites for hydroxylation is 1. The zero-order valence-electron chi connectivity index (χ0n) is 9.60. The molecule has 15 heavy (non-hydrogen) atoms. The van der Waals surface area contributed by atoms with Gasteiger partial charge >= 0.3 is 0 Å². The van der Waals surface area contributed by atoms with Crippen molar-refractivity contribution in [3.8, 4) is 0 Å². The number of hydrogen-bond acceptors (Lipinski definition) is 1. The van der Waals surface area contributed by atoms with Gasteiger partial charge in [0.25, 0.3) is 0 Å². The summed E-state index contributed by atoms with van der Waals surface area (Å²) in [6, 6.07) is 4.34. The molecule has 0 heterocycles. The van der Waals surface area contributed by atoms with E-state index in [2.05, 4.69) is 26.8 Å². The van der Waals surface area contributed by atoms with Crippen LogP contribution in [0.4, 0.5) is 0 Å². The maximum atomic E-state index is 6.12. The summed E-state index contributed by atoms with van der Waals surface area (Å²) in [5, 5.41) is 0.833. The summed E-state index contributed by atoms with van der Waals surface area (Å²) >= 11 is 6.12. The van der Waals surface area contributed by atoms with Crippen LogP contribution in [0.15, 0.2) is 12.1 Å². The smallest absolute Gasteiger partial charge is 0.0411 e. The van der Waals surface area contributed by atoms with E-state index < -0.39 is 0 Å². The van der Waals surface area contributed by atoms with Crippen LogP contribution in [-0.4, -0.2) is 6.04 Å². The molecule has 2 rings (SSSR count). The van der Waals surface area contributed by atoms with Crippen molar-refractivity contribution in [2.45, 2.75) is 45.1 Å². The van der Waals surface area contributed by atoms with Gasteiger partial charge in [-0.25, -0.2) is 0 Å². The Bertz CT molecular complexity index is 392. The third-order valence-corrected chi connectivity index (χ3v) is 4.05. The summed E-state index contributed by atoms with van der Waals surface area (Å²) in [5.41, 5.74) is 10.3. The second kappa shape index (κ2) is 3.50. The molecular formula is C13H18ClN. The molecule has 0 saturated heterocycles. The van der Waals surface area contributed by atoms with Gasteiger partial charge in [-0.2, -0.15) is 0 Å². The fourth-order valence-electron chi connectivity index (χ4n) is 2.44. The summed E-state index contributed by atoms with van der Waals surface area (Å²) < 4.78 is 0. The van der Waals surface area contributed by atoms with Crippen LogP contribution < -0.4 is 5.73 Å². The second-order valence-corrected chi connectivity index (χ2v) is 5.28. The van der Waals surface area contributed by atoms with Crippen molar-refractivity contribution in [2.75, 3.05) is 0 Å². The molecule has 1 saturated carbocycles. The Labute approximate surface area is 96.6 Å². The average Bonchev–Trinajstić information content (AvgIpc) is 2.91. The molecule has 0 aliphatic heterocycles. The van der Waals surface area contributed by atoms with Crippen molar-refractivity contribution in [3.63, 3.8) is 0 Å². The van der Waals surface area contributed by atoms with Crippen LogP contribution in [-0.2, 0) is 5.41 Å². The number of hydrogen-bond donors (Lipinski definition) is 1. The Balaban J connectivity index is 2.53. The van der Waals surface area contributed by atoms with Crippen LogP contribution in [0.1, 0.15) is 36.5 Å². The Hall–Kier alpha value is -0.530. The number of benzene rings is 1. The van der Waals surface area contributed by atoms with Crippen molar-refractivity contribution in [1.29, 1.82) is 0 Å². The predicted molar refractivity (Wildman–Crippen MR) is 65.5 cm³/mol. The van der Waals surface area contributed by atoms with E-state index in [-0.39, 0.29) is 11.5 Å². The van der Waals surface area contributed by atoms with E-state index in [9.17, 15) is 0 Å². The van der Waals surface area contributed by atoms with E-state index in [0.29, 0.717) is 0 Å². The Morgan fingerprint density at radius 3 is 2.40 bits per heavy atom. The van der Waals surface area contributed by atoms with Crippen molar-refractivity contribution in [2.24, 2.45) is 5.73 Å². The largest absolute Gasteiger partial charge is 0.327 e. The van der Waals surface area contributed by atoms with E-state index in [1.165, 1.54) is 29.5 Å². The molecule has 0 radical (unpaired) electrons. The van der Waals surface area contributed by atoms with Gasteiger partial charge in [0, 0.05) is 16.5 Å². The van der Waals surface area contributed by atoms with Gasteiger partial charge in [0.15, 0.2) is 0 Å². The lowest BCUT2D eigenvalue weighted by Crippen LogP contribution is -2.32. The first kappa shape index (κ1) is 11.0. The van der Waals surface area contributed by atoms with E-state index in [1.807, 2.05) is 6.07 Å². The first-order valence-electron chi connectivity index (χ1n) is 5.50. The molecule has 1 aliphatic carbocycles. The Morgan fingerprint density at radius 1 is 1.33 bits per heavy atom. The molecule has 0 bridgehead atoms. The fourth-order valence-corrected chi connectivity index (χ4v) is 2.71. The lowest BCUT2D eigenvalue weighted by atomic mass is 9.85. The van der Waals surface area contributed by atoms with Crippen LogP contribution in [0.3, 0.4) is 0 Å². The number of nitrogens with two attached hydrogens (primary N) is 1. The first-order chi connectivity index (χ1) is 6.97. The quantitative estimate of drug-likeness (QED) is 0.818. The van der Waals surface area contributed by atoms with Gasteiger partial charge < -0.3 is 5.73 Å². The number of halogens is 1. The minimum atomic E-state index is 0.208. The van der Waals surface area contributed by atoms with Gasteiger partial charge in [0.05, 0.1) is 0 Å². The molecule has 1 aromatic carbocycles.